The lowest BCUT2D eigenvalue weighted by molar-refractivity contribution is -0.149. The Balaban J connectivity index is 0. The molecule has 1 fully saturated rings. The van der Waals surface area contributed by atoms with Crippen molar-refractivity contribution in [2.45, 2.75) is 278 Å². The molecule has 2 N–H and O–H groups in total. The van der Waals surface area contributed by atoms with Gasteiger partial charge in [-0.05, 0) is 69.9 Å². The van der Waals surface area contributed by atoms with Gasteiger partial charge >= 0.3 is 5.97 Å². The number of rotatable bonds is 45. The first-order valence-electron chi connectivity index (χ1n) is 27.4. The van der Waals surface area contributed by atoms with Crippen molar-refractivity contribution in [3.05, 3.63) is 0 Å². The van der Waals surface area contributed by atoms with Crippen molar-refractivity contribution in [2.75, 3.05) is 39.5 Å². The molecule has 0 atom stereocenters. The third-order valence-corrected chi connectivity index (χ3v) is 13.0. The Kier molecular flexibility index (Phi) is 54.7. The number of unbranched alkanes of at least 4 members (excludes halogenated alkanes) is 22. The van der Waals surface area contributed by atoms with Crippen molar-refractivity contribution in [3.63, 3.8) is 0 Å². The average molecular weight is 880 g/mol. The SMILES string of the molecule is CCCCCC(CC=O)CCCCC.CCCCCC(CC=O)CCCCC.O=C(OCCCN1CCCC1)C(CCCCCCCCCCO)CCCCCCCCCCO. The molecule has 370 valence electrons. The third kappa shape index (κ3) is 46.7. The molecule has 0 aromatic rings. The van der Waals surface area contributed by atoms with Crippen LogP contribution in [0.2, 0.25) is 0 Å². The summed E-state index contributed by atoms with van der Waals surface area (Å²) in [4.78, 5) is 36.2. The summed E-state index contributed by atoms with van der Waals surface area (Å²) in [6.45, 7) is 13.6. The van der Waals surface area contributed by atoms with Crippen LogP contribution in [-0.4, -0.2) is 73.1 Å². The summed E-state index contributed by atoms with van der Waals surface area (Å²) in [5.74, 6) is 1.48. The van der Waals surface area contributed by atoms with Crippen molar-refractivity contribution >= 4 is 18.5 Å². The van der Waals surface area contributed by atoms with E-state index in [9.17, 15) is 14.4 Å². The van der Waals surface area contributed by atoms with Gasteiger partial charge in [0.1, 0.15) is 12.6 Å². The molecule has 1 saturated heterocycles. The maximum absolute atomic E-state index is 12.8. The van der Waals surface area contributed by atoms with E-state index in [4.69, 9.17) is 14.9 Å². The molecule has 0 saturated carbocycles. The number of aliphatic hydroxyl groups is 2. The van der Waals surface area contributed by atoms with Crippen LogP contribution in [0.25, 0.3) is 0 Å². The predicted octanol–water partition coefficient (Wildman–Crippen LogP) is 15.3. The number of hydrogen-bond donors (Lipinski definition) is 2. The zero-order valence-electron chi connectivity index (χ0n) is 42.2. The fourth-order valence-corrected chi connectivity index (χ4v) is 8.86. The number of ether oxygens (including phenoxy) is 1. The smallest absolute Gasteiger partial charge is 0.308 e. The van der Waals surface area contributed by atoms with E-state index in [1.54, 1.807) is 0 Å². The number of aliphatic hydroxyl groups excluding tert-OH is 2. The molecule has 0 amide bonds. The monoisotopic (exact) mass is 880 g/mol. The second-order valence-electron chi connectivity index (χ2n) is 19.0. The van der Waals surface area contributed by atoms with Crippen LogP contribution in [0.1, 0.15) is 278 Å². The summed E-state index contributed by atoms with van der Waals surface area (Å²) in [5, 5.41) is 17.7. The number of likely N-dealkylation sites (tertiary alicyclic amines) is 1. The maximum atomic E-state index is 12.8. The van der Waals surface area contributed by atoms with E-state index in [0.717, 1.165) is 89.7 Å². The Morgan fingerprint density at radius 3 is 1.11 bits per heavy atom. The van der Waals surface area contributed by atoms with E-state index >= 15 is 0 Å². The lowest BCUT2D eigenvalue weighted by Gasteiger charge is -2.18. The summed E-state index contributed by atoms with van der Waals surface area (Å²) < 4.78 is 5.72. The molecule has 0 aromatic heterocycles. The first-order valence-corrected chi connectivity index (χ1v) is 27.4. The number of carbonyl (C=O) groups is 3. The second-order valence-corrected chi connectivity index (χ2v) is 19.0. The zero-order valence-corrected chi connectivity index (χ0v) is 42.2. The van der Waals surface area contributed by atoms with E-state index in [0.29, 0.717) is 31.7 Å². The Labute approximate surface area is 386 Å². The molecule has 62 heavy (non-hydrogen) atoms. The van der Waals surface area contributed by atoms with E-state index < -0.39 is 0 Å². The fourth-order valence-electron chi connectivity index (χ4n) is 8.86. The van der Waals surface area contributed by atoms with Gasteiger partial charge < -0.3 is 29.4 Å². The zero-order chi connectivity index (χ0) is 45.8. The van der Waals surface area contributed by atoms with Gasteiger partial charge in [0.25, 0.3) is 0 Å². The summed E-state index contributed by atoms with van der Waals surface area (Å²) in [6, 6.07) is 0. The molecule has 1 aliphatic rings. The Morgan fingerprint density at radius 2 is 0.790 bits per heavy atom. The van der Waals surface area contributed by atoms with Crippen LogP contribution in [-0.2, 0) is 19.1 Å². The highest BCUT2D eigenvalue weighted by Gasteiger charge is 2.20. The van der Waals surface area contributed by atoms with Crippen LogP contribution in [0.5, 0.6) is 0 Å². The van der Waals surface area contributed by atoms with Crippen molar-refractivity contribution in [2.24, 2.45) is 17.8 Å². The first-order chi connectivity index (χ1) is 30.5. The van der Waals surface area contributed by atoms with Gasteiger partial charge in [-0.25, -0.2) is 0 Å². The molecule has 0 aromatic carbocycles. The van der Waals surface area contributed by atoms with Gasteiger partial charge in [0.15, 0.2) is 0 Å². The van der Waals surface area contributed by atoms with Gasteiger partial charge in [0.05, 0.1) is 12.5 Å². The molecule has 0 radical (unpaired) electrons. The van der Waals surface area contributed by atoms with Crippen LogP contribution >= 0.6 is 0 Å². The highest BCUT2D eigenvalue weighted by atomic mass is 16.5. The molecule has 1 rings (SSSR count). The highest BCUT2D eigenvalue weighted by Crippen LogP contribution is 2.23. The molecule has 1 aliphatic heterocycles. The minimum Gasteiger partial charge on any atom is -0.465 e. The standard InChI is InChI=1S/C29H57NO4.2C13H26O/c31-25-17-11-7-3-1-5-9-13-20-28(21-14-10-6-2-4-8-12-18-26-32)29(33)34-27-19-24-30-22-15-16-23-30;2*1-3-5-7-9-13(11-12-14)10-8-6-4-2/h28,31-32H,1-27H2;2*12-13H,3-11H2,1-2H3. The molecular formula is C55H109NO6. The van der Waals surface area contributed by atoms with Crippen molar-refractivity contribution in [3.8, 4) is 0 Å². The Bertz CT molecular complexity index is 808. The molecule has 7 nitrogen and oxygen atoms in total. The molecule has 0 spiro atoms. The number of hydrogen-bond acceptors (Lipinski definition) is 7. The van der Waals surface area contributed by atoms with Crippen molar-refractivity contribution in [1.82, 2.24) is 4.90 Å². The number of carbonyl (C=O) groups excluding carboxylic acids is 3. The summed E-state index contributed by atoms with van der Waals surface area (Å²) in [5.41, 5.74) is 0. The third-order valence-electron chi connectivity index (χ3n) is 13.0. The summed E-state index contributed by atoms with van der Waals surface area (Å²) in [7, 11) is 0. The van der Waals surface area contributed by atoms with E-state index in [-0.39, 0.29) is 11.9 Å². The quantitative estimate of drug-likeness (QED) is 0.0357. The summed E-state index contributed by atoms with van der Waals surface area (Å²) in [6.07, 6.45) is 48.9. The van der Waals surface area contributed by atoms with Crippen LogP contribution < -0.4 is 0 Å². The van der Waals surface area contributed by atoms with Gasteiger partial charge in [-0.1, -0.05) is 220 Å². The summed E-state index contributed by atoms with van der Waals surface area (Å²) >= 11 is 0. The Hall–Kier alpha value is -1.31. The van der Waals surface area contributed by atoms with Gasteiger partial charge in [-0.3, -0.25) is 4.79 Å². The minimum absolute atomic E-state index is 0.0504. The number of nitrogens with zero attached hydrogens (tertiary/aromatic N) is 1. The maximum Gasteiger partial charge on any atom is 0.308 e. The van der Waals surface area contributed by atoms with Crippen molar-refractivity contribution < 1.29 is 29.3 Å². The van der Waals surface area contributed by atoms with Crippen LogP contribution in [0.4, 0.5) is 0 Å². The van der Waals surface area contributed by atoms with Crippen LogP contribution in [0.15, 0.2) is 0 Å². The normalized spacial score (nSPS) is 12.7. The Morgan fingerprint density at radius 1 is 0.468 bits per heavy atom. The fraction of sp³-hybridized carbons (Fsp3) is 0.945. The molecule has 7 heteroatoms. The molecule has 0 aliphatic carbocycles. The van der Waals surface area contributed by atoms with Crippen LogP contribution in [0.3, 0.4) is 0 Å². The molecular weight excluding hydrogens is 771 g/mol. The largest absolute Gasteiger partial charge is 0.465 e. The first kappa shape index (κ1) is 62.8. The van der Waals surface area contributed by atoms with E-state index in [1.807, 2.05) is 0 Å². The number of aldehydes is 2. The van der Waals surface area contributed by atoms with Crippen LogP contribution in [0, 0.1) is 17.8 Å². The number of esters is 1. The lowest BCUT2D eigenvalue weighted by atomic mass is 9.93. The minimum atomic E-state index is 0.0504. The molecule has 1 heterocycles. The second kappa shape index (κ2) is 54.0. The predicted molar refractivity (Wildman–Crippen MR) is 267 cm³/mol. The topological polar surface area (TPSA) is 104 Å². The lowest BCUT2D eigenvalue weighted by Crippen LogP contribution is -2.23. The molecule has 0 unspecified atom stereocenters. The van der Waals surface area contributed by atoms with Gasteiger partial charge in [-0.2, -0.15) is 0 Å². The van der Waals surface area contributed by atoms with Crippen molar-refractivity contribution in [1.29, 1.82) is 0 Å². The highest BCUT2D eigenvalue weighted by molar-refractivity contribution is 5.72. The molecule has 0 bridgehead atoms. The van der Waals surface area contributed by atoms with Gasteiger partial charge in [0.2, 0.25) is 0 Å². The van der Waals surface area contributed by atoms with E-state index in [1.165, 1.54) is 193 Å². The van der Waals surface area contributed by atoms with E-state index in [2.05, 4.69) is 32.6 Å². The van der Waals surface area contributed by atoms with Gasteiger partial charge in [-0.15, -0.1) is 0 Å². The van der Waals surface area contributed by atoms with Gasteiger partial charge in [0, 0.05) is 32.6 Å². The average Bonchev–Trinajstić information content (AvgIpc) is 3.80.